The number of hydrogen-bond donors (Lipinski definition) is 2. The van der Waals surface area contributed by atoms with E-state index in [1.807, 2.05) is 30.3 Å². The average molecular weight is 344 g/mol. The molecule has 0 aromatic heterocycles. The highest BCUT2D eigenvalue weighted by molar-refractivity contribution is 5.86. The van der Waals surface area contributed by atoms with E-state index in [9.17, 15) is 14.4 Å². The fraction of sp³-hybridized carbons (Fsp3) is 0.526. The van der Waals surface area contributed by atoms with E-state index < -0.39 is 17.8 Å². The molecule has 25 heavy (non-hydrogen) atoms. The van der Waals surface area contributed by atoms with Gasteiger partial charge in [-0.1, -0.05) is 30.3 Å². The largest absolute Gasteiger partial charge is 0.481 e. The number of amides is 2. The Labute approximate surface area is 147 Å². The number of carboxylic acid groups (broad SMARTS) is 1. The molecule has 2 fully saturated rings. The summed E-state index contributed by atoms with van der Waals surface area (Å²) >= 11 is 0. The van der Waals surface area contributed by atoms with Gasteiger partial charge in [0.15, 0.2) is 0 Å². The number of aliphatic carboxylic acids is 1. The summed E-state index contributed by atoms with van der Waals surface area (Å²) in [5, 5.41) is 12.0. The number of carboxylic acids is 1. The molecule has 1 saturated heterocycles. The van der Waals surface area contributed by atoms with Crippen molar-refractivity contribution < 1.29 is 19.5 Å². The van der Waals surface area contributed by atoms with E-state index >= 15 is 0 Å². The Hall–Kier alpha value is -2.37. The molecule has 1 aromatic carbocycles. The smallest absolute Gasteiger partial charge is 0.307 e. The summed E-state index contributed by atoms with van der Waals surface area (Å²) in [6.45, 7) is 1.16. The Morgan fingerprint density at radius 3 is 2.44 bits per heavy atom. The maximum Gasteiger partial charge on any atom is 0.307 e. The average Bonchev–Trinajstić information content (AvgIpc) is 3.00. The molecule has 2 N–H and O–H groups in total. The minimum atomic E-state index is -0.893. The van der Waals surface area contributed by atoms with Gasteiger partial charge in [-0.2, -0.15) is 0 Å². The van der Waals surface area contributed by atoms with E-state index in [1.165, 1.54) is 0 Å². The summed E-state index contributed by atoms with van der Waals surface area (Å²) in [6.07, 6.45) is 3.12. The van der Waals surface area contributed by atoms with Crippen molar-refractivity contribution in [3.8, 4) is 0 Å². The van der Waals surface area contributed by atoms with Crippen molar-refractivity contribution >= 4 is 17.8 Å². The van der Waals surface area contributed by atoms with Crippen LogP contribution in [0.3, 0.4) is 0 Å². The highest BCUT2D eigenvalue weighted by Gasteiger charge is 2.42. The SMILES string of the molecule is O=C(O)C1CCC1C(=O)NC1CCN(C(=O)CCc2ccccc2)C1. The van der Waals surface area contributed by atoms with Crippen LogP contribution in [-0.2, 0) is 20.8 Å². The summed E-state index contributed by atoms with van der Waals surface area (Å²) in [5.74, 6) is -1.93. The zero-order valence-electron chi connectivity index (χ0n) is 14.2. The molecular formula is C19H24N2O4. The van der Waals surface area contributed by atoms with E-state index in [2.05, 4.69) is 5.32 Å². The first-order valence-electron chi connectivity index (χ1n) is 8.89. The van der Waals surface area contributed by atoms with Crippen LogP contribution in [-0.4, -0.2) is 46.9 Å². The van der Waals surface area contributed by atoms with Crippen molar-refractivity contribution in [1.29, 1.82) is 0 Å². The summed E-state index contributed by atoms with van der Waals surface area (Å²) in [7, 11) is 0. The molecule has 6 nitrogen and oxygen atoms in total. The van der Waals surface area contributed by atoms with Crippen molar-refractivity contribution in [1.82, 2.24) is 10.2 Å². The minimum Gasteiger partial charge on any atom is -0.481 e. The topological polar surface area (TPSA) is 86.7 Å². The lowest BCUT2D eigenvalue weighted by Gasteiger charge is -2.32. The number of carbonyl (C=O) groups is 3. The maximum atomic E-state index is 12.3. The molecule has 0 radical (unpaired) electrons. The number of rotatable bonds is 6. The van der Waals surface area contributed by atoms with Crippen molar-refractivity contribution in [3.63, 3.8) is 0 Å². The van der Waals surface area contributed by atoms with Gasteiger partial charge in [-0.3, -0.25) is 14.4 Å². The highest BCUT2D eigenvalue weighted by Crippen LogP contribution is 2.34. The third kappa shape index (κ3) is 4.18. The minimum absolute atomic E-state index is 0.0665. The molecular weight excluding hydrogens is 320 g/mol. The second kappa shape index (κ2) is 7.68. The van der Waals surface area contributed by atoms with Gasteiger partial charge in [0.25, 0.3) is 0 Å². The molecule has 3 unspecified atom stereocenters. The van der Waals surface area contributed by atoms with E-state index in [-0.39, 0.29) is 17.9 Å². The molecule has 1 aliphatic heterocycles. The van der Waals surface area contributed by atoms with Gasteiger partial charge in [0, 0.05) is 25.6 Å². The quantitative estimate of drug-likeness (QED) is 0.818. The fourth-order valence-corrected chi connectivity index (χ4v) is 3.58. The van der Waals surface area contributed by atoms with Crippen molar-refractivity contribution in [2.45, 2.75) is 38.1 Å². The molecule has 3 rings (SSSR count). The van der Waals surface area contributed by atoms with Crippen LogP contribution in [0.1, 0.15) is 31.2 Å². The summed E-state index contributed by atoms with van der Waals surface area (Å²) in [5.41, 5.74) is 1.14. The number of benzene rings is 1. The molecule has 1 aliphatic carbocycles. The van der Waals surface area contributed by atoms with Crippen molar-refractivity contribution in [3.05, 3.63) is 35.9 Å². The zero-order chi connectivity index (χ0) is 17.8. The normalized spacial score (nSPS) is 25.3. The third-order valence-corrected chi connectivity index (χ3v) is 5.29. The van der Waals surface area contributed by atoms with Crippen LogP contribution in [0.4, 0.5) is 0 Å². The molecule has 1 saturated carbocycles. The summed E-state index contributed by atoms with van der Waals surface area (Å²) < 4.78 is 0. The number of carbonyl (C=O) groups excluding carboxylic acids is 2. The Bertz CT molecular complexity index is 646. The monoisotopic (exact) mass is 344 g/mol. The summed E-state index contributed by atoms with van der Waals surface area (Å²) in [4.78, 5) is 37.4. The molecule has 2 amide bonds. The third-order valence-electron chi connectivity index (χ3n) is 5.29. The van der Waals surface area contributed by atoms with Crippen molar-refractivity contribution in [2.24, 2.45) is 11.8 Å². The van der Waals surface area contributed by atoms with E-state index in [4.69, 9.17) is 5.11 Å². The predicted octanol–water partition coefficient (Wildman–Crippen LogP) is 1.45. The maximum absolute atomic E-state index is 12.3. The van der Waals surface area contributed by atoms with Crippen LogP contribution in [0.15, 0.2) is 30.3 Å². The number of nitrogens with zero attached hydrogens (tertiary/aromatic N) is 1. The molecule has 3 atom stereocenters. The number of nitrogens with one attached hydrogen (secondary N) is 1. The van der Waals surface area contributed by atoms with Crippen LogP contribution in [0.25, 0.3) is 0 Å². The van der Waals surface area contributed by atoms with Gasteiger partial charge < -0.3 is 15.3 Å². The molecule has 1 heterocycles. The second-order valence-corrected chi connectivity index (χ2v) is 6.95. The van der Waals surface area contributed by atoms with Gasteiger partial charge in [0.2, 0.25) is 11.8 Å². The van der Waals surface area contributed by atoms with Crippen LogP contribution < -0.4 is 5.32 Å². The Morgan fingerprint density at radius 1 is 1.08 bits per heavy atom. The van der Waals surface area contributed by atoms with Gasteiger partial charge in [-0.05, 0) is 31.2 Å². The lowest BCUT2D eigenvalue weighted by molar-refractivity contribution is -0.152. The summed E-state index contributed by atoms with van der Waals surface area (Å²) in [6, 6.07) is 9.84. The Morgan fingerprint density at radius 2 is 1.80 bits per heavy atom. The highest BCUT2D eigenvalue weighted by atomic mass is 16.4. The number of likely N-dealkylation sites (tertiary alicyclic amines) is 1. The van der Waals surface area contributed by atoms with Crippen LogP contribution in [0, 0.1) is 11.8 Å². The van der Waals surface area contributed by atoms with Gasteiger partial charge in [-0.15, -0.1) is 0 Å². The molecule has 6 heteroatoms. The van der Waals surface area contributed by atoms with Crippen LogP contribution in [0.5, 0.6) is 0 Å². The first-order chi connectivity index (χ1) is 12.0. The molecule has 2 aliphatic rings. The second-order valence-electron chi connectivity index (χ2n) is 6.95. The standard InChI is InChI=1S/C19H24N2O4/c22-17(9-6-13-4-2-1-3-5-13)21-11-10-14(12-21)20-18(23)15-7-8-16(15)19(24)25/h1-5,14-16H,6-12H2,(H,20,23)(H,24,25). The van der Waals surface area contributed by atoms with Crippen LogP contribution >= 0.6 is 0 Å². The number of aryl methyl sites for hydroxylation is 1. The van der Waals surface area contributed by atoms with E-state index in [0.29, 0.717) is 32.4 Å². The van der Waals surface area contributed by atoms with Crippen LogP contribution in [0.2, 0.25) is 0 Å². The van der Waals surface area contributed by atoms with Gasteiger partial charge >= 0.3 is 5.97 Å². The molecule has 0 bridgehead atoms. The fourth-order valence-electron chi connectivity index (χ4n) is 3.58. The lowest BCUT2D eigenvalue weighted by atomic mass is 9.73. The van der Waals surface area contributed by atoms with Gasteiger partial charge in [0.1, 0.15) is 0 Å². The van der Waals surface area contributed by atoms with Crippen molar-refractivity contribution in [2.75, 3.05) is 13.1 Å². The molecule has 134 valence electrons. The Balaban J connectivity index is 1.43. The van der Waals surface area contributed by atoms with Gasteiger partial charge in [0.05, 0.1) is 11.8 Å². The molecule has 0 spiro atoms. The zero-order valence-corrected chi connectivity index (χ0v) is 14.2. The first-order valence-corrected chi connectivity index (χ1v) is 8.89. The predicted molar refractivity (Wildman–Crippen MR) is 91.7 cm³/mol. The number of hydrogen-bond acceptors (Lipinski definition) is 3. The lowest BCUT2D eigenvalue weighted by Crippen LogP contribution is -2.48. The van der Waals surface area contributed by atoms with E-state index in [0.717, 1.165) is 18.4 Å². The first kappa shape index (κ1) is 17.5. The van der Waals surface area contributed by atoms with Gasteiger partial charge in [-0.25, -0.2) is 0 Å². The van der Waals surface area contributed by atoms with E-state index in [1.54, 1.807) is 4.90 Å². The molecule has 1 aromatic rings. The Kier molecular flexibility index (Phi) is 5.36.